The fourth-order valence-corrected chi connectivity index (χ4v) is 3.87. The number of methoxy groups -OCH3 is 1. The molecule has 0 spiro atoms. The average molecular weight is 511 g/mol. The minimum atomic E-state index is -0.761. The van der Waals surface area contributed by atoms with Crippen molar-refractivity contribution in [1.82, 2.24) is 10.2 Å². The number of ether oxygens (including phenoxy) is 4. The maximum absolute atomic E-state index is 13.2. The zero-order valence-electron chi connectivity index (χ0n) is 20.0. The van der Waals surface area contributed by atoms with E-state index < -0.39 is 6.04 Å². The molecule has 0 fully saturated rings. The van der Waals surface area contributed by atoms with Gasteiger partial charge in [-0.2, -0.15) is 0 Å². The van der Waals surface area contributed by atoms with E-state index in [1.54, 1.807) is 44.4 Å². The molecule has 1 aliphatic rings. The number of rotatable bonds is 10. The first-order valence-corrected chi connectivity index (χ1v) is 11.8. The highest BCUT2D eigenvalue weighted by molar-refractivity contribution is 6.32. The fraction of sp³-hybridized carbons (Fsp3) is 0.259. The van der Waals surface area contributed by atoms with Gasteiger partial charge in [-0.05, 0) is 54.4 Å². The molecule has 0 aliphatic carbocycles. The summed E-state index contributed by atoms with van der Waals surface area (Å²) in [5, 5.41) is 3.31. The molecule has 0 unspecified atom stereocenters. The summed E-state index contributed by atoms with van der Waals surface area (Å²) in [5.41, 5.74) is 1.70. The monoisotopic (exact) mass is 510 g/mol. The van der Waals surface area contributed by atoms with Crippen LogP contribution in [0, 0.1) is 0 Å². The molecule has 0 saturated carbocycles. The van der Waals surface area contributed by atoms with E-state index in [9.17, 15) is 9.59 Å². The van der Waals surface area contributed by atoms with E-state index in [-0.39, 0.29) is 38.3 Å². The molecule has 1 N–H and O–H groups in total. The van der Waals surface area contributed by atoms with Gasteiger partial charge in [-0.25, -0.2) is 0 Å². The van der Waals surface area contributed by atoms with Crippen LogP contribution in [0.1, 0.15) is 18.1 Å². The highest BCUT2D eigenvalue weighted by atomic mass is 35.5. The first kappa shape index (κ1) is 25.2. The smallest absolute Gasteiger partial charge is 0.261 e. The van der Waals surface area contributed by atoms with Gasteiger partial charge >= 0.3 is 0 Å². The van der Waals surface area contributed by atoms with E-state index in [4.69, 9.17) is 30.5 Å². The largest absolute Gasteiger partial charge is 0.497 e. The molecule has 0 bridgehead atoms. The van der Waals surface area contributed by atoms with E-state index in [2.05, 4.69) is 5.32 Å². The predicted molar refractivity (Wildman–Crippen MR) is 134 cm³/mol. The number of carbonyl (C=O) groups excluding carboxylic acids is 2. The first-order chi connectivity index (χ1) is 17.4. The van der Waals surface area contributed by atoms with Crippen LogP contribution < -0.4 is 24.3 Å². The van der Waals surface area contributed by atoms with Gasteiger partial charge in [0.1, 0.15) is 17.5 Å². The lowest BCUT2D eigenvalue weighted by Gasteiger charge is -2.29. The molecule has 1 heterocycles. The molecule has 9 heteroatoms. The van der Waals surface area contributed by atoms with Crippen LogP contribution in [0.25, 0.3) is 0 Å². The van der Waals surface area contributed by atoms with Crippen LogP contribution in [0.4, 0.5) is 0 Å². The van der Waals surface area contributed by atoms with Gasteiger partial charge in [0, 0.05) is 13.1 Å². The van der Waals surface area contributed by atoms with Crippen molar-refractivity contribution >= 4 is 23.4 Å². The lowest BCUT2D eigenvalue weighted by Crippen LogP contribution is -2.48. The molecule has 8 nitrogen and oxygen atoms in total. The number of fused-ring (bicyclic) bond motifs is 1. The zero-order chi connectivity index (χ0) is 25.5. The quantitative estimate of drug-likeness (QED) is 0.440. The van der Waals surface area contributed by atoms with Crippen molar-refractivity contribution in [2.45, 2.75) is 26.1 Å². The van der Waals surface area contributed by atoms with Crippen LogP contribution in [-0.4, -0.2) is 43.3 Å². The van der Waals surface area contributed by atoms with E-state index in [1.165, 1.54) is 4.90 Å². The summed E-state index contributed by atoms with van der Waals surface area (Å²) in [6, 6.07) is 19.0. The van der Waals surface area contributed by atoms with Gasteiger partial charge in [-0.15, -0.1) is 0 Å². The SMILES string of the molecule is COc1ccc(CN(C(=O)COc2ccccc2Cl)[C@H](C)C(=O)NCc2ccc3c(c2)OCO3)cc1. The second kappa shape index (κ2) is 11.7. The van der Waals surface area contributed by atoms with Gasteiger partial charge in [0.05, 0.1) is 12.1 Å². The van der Waals surface area contributed by atoms with Crippen LogP contribution in [-0.2, 0) is 22.7 Å². The van der Waals surface area contributed by atoms with Gasteiger partial charge in [0.2, 0.25) is 12.7 Å². The maximum atomic E-state index is 13.2. The van der Waals surface area contributed by atoms with Gasteiger partial charge in [0.25, 0.3) is 5.91 Å². The Balaban J connectivity index is 1.44. The van der Waals surface area contributed by atoms with E-state index in [0.29, 0.717) is 28.0 Å². The summed E-state index contributed by atoms with van der Waals surface area (Å²) in [6.07, 6.45) is 0. The second-order valence-electron chi connectivity index (χ2n) is 8.17. The van der Waals surface area contributed by atoms with E-state index in [1.807, 2.05) is 36.4 Å². The number of amides is 2. The zero-order valence-corrected chi connectivity index (χ0v) is 20.8. The molecule has 1 aliphatic heterocycles. The third-order valence-corrected chi connectivity index (χ3v) is 6.08. The Hall–Kier alpha value is -3.91. The molecular formula is C27H27ClN2O6. The van der Waals surface area contributed by atoms with Gasteiger partial charge < -0.3 is 29.2 Å². The van der Waals surface area contributed by atoms with E-state index >= 15 is 0 Å². The standard InChI is InChI=1S/C27H27ClN2O6/c1-18(27(32)29-14-20-9-12-24-25(13-20)36-17-35-24)30(15-19-7-10-21(33-2)11-8-19)26(31)16-34-23-6-4-3-5-22(23)28/h3-13,18H,14-17H2,1-2H3,(H,29,32)/t18-/m1/s1. The van der Waals surface area contributed by atoms with Crippen molar-refractivity contribution in [3.05, 3.63) is 82.9 Å². The molecule has 36 heavy (non-hydrogen) atoms. The molecule has 188 valence electrons. The molecular weight excluding hydrogens is 484 g/mol. The number of hydrogen-bond acceptors (Lipinski definition) is 6. The minimum Gasteiger partial charge on any atom is -0.497 e. The predicted octanol–water partition coefficient (Wildman–Crippen LogP) is 4.19. The number of para-hydroxylation sites is 1. The topological polar surface area (TPSA) is 86.3 Å². The van der Waals surface area contributed by atoms with Crippen molar-refractivity contribution in [2.24, 2.45) is 0 Å². The summed E-state index contributed by atoms with van der Waals surface area (Å²) in [5.74, 6) is 1.77. The number of nitrogens with one attached hydrogen (secondary N) is 1. The van der Waals surface area contributed by atoms with Crippen molar-refractivity contribution in [3.63, 3.8) is 0 Å². The second-order valence-corrected chi connectivity index (χ2v) is 8.58. The maximum Gasteiger partial charge on any atom is 0.261 e. The lowest BCUT2D eigenvalue weighted by atomic mass is 10.1. The van der Waals surface area contributed by atoms with Crippen LogP contribution in [0.2, 0.25) is 5.02 Å². The van der Waals surface area contributed by atoms with Crippen molar-refractivity contribution in [1.29, 1.82) is 0 Å². The Bertz CT molecular complexity index is 1220. The van der Waals surface area contributed by atoms with Crippen molar-refractivity contribution < 1.29 is 28.5 Å². The first-order valence-electron chi connectivity index (χ1n) is 11.4. The van der Waals surface area contributed by atoms with Crippen molar-refractivity contribution in [3.8, 4) is 23.0 Å². The van der Waals surface area contributed by atoms with Crippen molar-refractivity contribution in [2.75, 3.05) is 20.5 Å². The normalized spacial score (nSPS) is 12.5. The summed E-state index contributed by atoms with van der Waals surface area (Å²) < 4.78 is 21.6. The summed E-state index contributed by atoms with van der Waals surface area (Å²) in [6.45, 7) is 2.10. The third-order valence-electron chi connectivity index (χ3n) is 5.77. The summed E-state index contributed by atoms with van der Waals surface area (Å²) in [7, 11) is 1.59. The number of benzene rings is 3. The van der Waals surface area contributed by atoms with Gasteiger partial charge in [0.15, 0.2) is 18.1 Å². The van der Waals surface area contributed by atoms with Crippen LogP contribution >= 0.6 is 11.6 Å². The molecule has 0 aromatic heterocycles. The van der Waals surface area contributed by atoms with Crippen LogP contribution in [0.5, 0.6) is 23.0 Å². The Kier molecular flexibility index (Phi) is 8.17. The Labute approximate surface area is 214 Å². The number of halogens is 1. The Morgan fingerprint density at radius 1 is 1.03 bits per heavy atom. The summed E-state index contributed by atoms with van der Waals surface area (Å²) in [4.78, 5) is 27.8. The number of nitrogens with zero attached hydrogens (tertiary/aromatic N) is 1. The highest BCUT2D eigenvalue weighted by Gasteiger charge is 2.27. The van der Waals surface area contributed by atoms with Crippen LogP contribution in [0.3, 0.4) is 0 Å². The lowest BCUT2D eigenvalue weighted by molar-refractivity contribution is -0.142. The fourth-order valence-electron chi connectivity index (χ4n) is 3.68. The minimum absolute atomic E-state index is 0.181. The molecule has 4 rings (SSSR count). The average Bonchev–Trinajstić information content (AvgIpc) is 3.37. The summed E-state index contributed by atoms with van der Waals surface area (Å²) >= 11 is 6.15. The van der Waals surface area contributed by atoms with Gasteiger partial charge in [-0.1, -0.05) is 41.9 Å². The molecule has 1 atom stereocenters. The molecule has 3 aromatic carbocycles. The third kappa shape index (κ3) is 6.20. The number of hydrogen-bond donors (Lipinski definition) is 1. The molecule has 2 amide bonds. The Morgan fingerprint density at radius 2 is 1.75 bits per heavy atom. The highest BCUT2D eigenvalue weighted by Crippen LogP contribution is 2.32. The van der Waals surface area contributed by atoms with E-state index in [0.717, 1.165) is 11.1 Å². The van der Waals surface area contributed by atoms with Crippen LogP contribution in [0.15, 0.2) is 66.7 Å². The number of carbonyl (C=O) groups is 2. The Morgan fingerprint density at radius 3 is 2.50 bits per heavy atom. The molecule has 0 radical (unpaired) electrons. The van der Waals surface area contributed by atoms with Gasteiger partial charge in [-0.3, -0.25) is 9.59 Å². The molecule has 0 saturated heterocycles. The molecule has 3 aromatic rings.